The molecule has 1 aliphatic carbocycles. The van der Waals surface area contributed by atoms with Gasteiger partial charge >= 0.3 is 0 Å². The predicted octanol–water partition coefficient (Wildman–Crippen LogP) is 5.87. The van der Waals surface area contributed by atoms with Gasteiger partial charge in [-0.2, -0.15) is 0 Å². The van der Waals surface area contributed by atoms with Crippen LogP contribution in [-0.4, -0.2) is 16.1 Å². The molecule has 0 nitrogen and oxygen atoms in total. The molecule has 0 saturated heterocycles. The van der Waals surface area contributed by atoms with Crippen LogP contribution in [0.2, 0.25) is 39.3 Å². The van der Waals surface area contributed by atoms with Gasteiger partial charge in [0.05, 0.1) is 16.1 Å². The Morgan fingerprint density at radius 2 is 1.00 bits per heavy atom. The quantitative estimate of drug-likeness (QED) is 0.413. The Balaban J connectivity index is 2.20. The fraction of sp³-hybridized carbons (Fsp3) is 0.368. The summed E-state index contributed by atoms with van der Waals surface area (Å²) >= 11 is 7.73. The molecule has 0 bridgehead atoms. The second-order valence-corrected chi connectivity index (χ2v) is 20.5. The molecule has 0 amide bonds. The maximum Gasteiger partial charge on any atom is 0.0776 e. The van der Waals surface area contributed by atoms with Crippen molar-refractivity contribution in [3.8, 4) is 11.1 Å². The van der Waals surface area contributed by atoms with Gasteiger partial charge in [-0.25, -0.2) is 0 Å². The second kappa shape index (κ2) is 5.68. The van der Waals surface area contributed by atoms with Crippen LogP contribution in [0.4, 0.5) is 0 Å². The highest BCUT2D eigenvalue weighted by atomic mass is 79.9. The van der Waals surface area contributed by atoms with E-state index >= 15 is 0 Å². The highest BCUT2D eigenvalue weighted by molar-refractivity contribution is 9.11. The highest BCUT2D eigenvalue weighted by Gasteiger charge is 2.29. The molecule has 3 rings (SSSR count). The molecule has 2 aromatic carbocycles. The third kappa shape index (κ3) is 3.20. The van der Waals surface area contributed by atoms with Crippen LogP contribution in [0.5, 0.6) is 0 Å². The number of halogens is 2. The van der Waals surface area contributed by atoms with Crippen molar-refractivity contribution in [2.24, 2.45) is 0 Å². The van der Waals surface area contributed by atoms with Gasteiger partial charge in [-0.15, -0.1) is 0 Å². The average molecular weight is 468 g/mol. The fourth-order valence-electron chi connectivity index (χ4n) is 3.24. The van der Waals surface area contributed by atoms with Crippen LogP contribution in [0.1, 0.15) is 11.1 Å². The van der Waals surface area contributed by atoms with E-state index in [1.807, 2.05) is 0 Å². The van der Waals surface area contributed by atoms with Crippen molar-refractivity contribution in [2.75, 3.05) is 0 Å². The molecular weight excluding hydrogens is 444 g/mol. The Kier molecular flexibility index (Phi) is 4.36. The van der Waals surface area contributed by atoms with Crippen molar-refractivity contribution in [2.45, 2.75) is 45.7 Å². The molecule has 0 spiro atoms. The van der Waals surface area contributed by atoms with E-state index in [0.717, 1.165) is 6.42 Å². The minimum absolute atomic E-state index is 1.07. The summed E-state index contributed by atoms with van der Waals surface area (Å²) in [6.45, 7) is 14.5. The maximum atomic E-state index is 3.86. The van der Waals surface area contributed by atoms with E-state index in [1.165, 1.54) is 41.6 Å². The van der Waals surface area contributed by atoms with Gasteiger partial charge in [0, 0.05) is 20.1 Å². The lowest BCUT2D eigenvalue weighted by Gasteiger charge is -2.20. The van der Waals surface area contributed by atoms with Gasteiger partial charge in [-0.1, -0.05) is 93.6 Å². The normalized spacial score (nSPS) is 13.9. The lowest BCUT2D eigenvalue weighted by atomic mass is 10.1. The zero-order chi connectivity index (χ0) is 17.2. The Bertz CT molecular complexity index is 729. The Morgan fingerprint density at radius 1 is 0.652 bits per heavy atom. The summed E-state index contributed by atoms with van der Waals surface area (Å²) < 4.78 is 2.51. The lowest BCUT2D eigenvalue weighted by Crippen LogP contribution is -2.37. The predicted molar refractivity (Wildman–Crippen MR) is 116 cm³/mol. The zero-order valence-electron chi connectivity index (χ0n) is 14.8. The molecule has 0 fully saturated rings. The summed E-state index contributed by atoms with van der Waals surface area (Å²) in [6, 6.07) is 9.65. The van der Waals surface area contributed by atoms with Crippen LogP contribution >= 0.6 is 31.9 Å². The number of hydrogen-bond acceptors (Lipinski definition) is 0. The maximum absolute atomic E-state index is 3.86. The summed E-state index contributed by atoms with van der Waals surface area (Å²) in [6.07, 6.45) is 1.07. The lowest BCUT2D eigenvalue weighted by molar-refractivity contribution is 1.27. The van der Waals surface area contributed by atoms with E-state index in [1.54, 1.807) is 0 Å². The van der Waals surface area contributed by atoms with Crippen LogP contribution in [0.15, 0.2) is 33.2 Å². The van der Waals surface area contributed by atoms with Gasteiger partial charge in [0.15, 0.2) is 0 Å². The monoisotopic (exact) mass is 466 g/mol. The molecule has 4 heteroatoms. The Hall–Kier alpha value is -0.166. The summed E-state index contributed by atoms with van der Waals surface area (Å²) in [5, 5.41) is 3.08. The SMILES string of the molecule is C[Si](C)(C)c1cc(Br)c2c(c1)Cc1cc([Si](C)(C)C)cc(Br)c1-2. The van der Waals surface area contributed by atoms with Crippen molar-refractivity contribution in [1.29, 1.82) is 0 Å². The van der Waals surface area contributed by atoms with Gasteiger partial charge in [0.2, 0.25) is 0 Å². The number of fused-ring (bicyclic) bond motifs is 3. The van der Waals surface area contributed by atoms with Crippen molar-refractivity contribution in [3.63, 3.8) is 0 Å². The first kappa shape index (κ1) is 17.7. The minimum atomic E-state index is -1.30. The van der Waals surface area contributed by atoms with E-state index in [0.29, 0.717) is 0 Å². The van der Waals surface area contributed by atoms with E-state index < -0.39 is 16.1 Å². The van der Waals surface area contributed by atoms with Gasteiger partial charge in [0.25, 0.3) is 0 Å². The first-order chi connectivity index (χ1) is 10.5. The smallest absolute Gasteiger partial charge is 0.0656 e. The molecule has 1 aliphatic rings. The van der Waals surface area contributed by atoms with E-state index in [9.17, 15) is 0 Å². The molecule has 0 heterocycles. The molecule has 0 N–H and O–H groups in total. The molecule has 23 heavy (non-hydrogen) atoms. The Morgan fingerprint density at radius 3 is 1.30 bits per heavy atom. The molecule has 122 valence electrons. The first-order valence-corrected chi connectivity index (χ1v) is 16.7. The molecule has 0 aromatic heterocycles. The largest absolute Gasteiger partial charge is 0.0776 e. The topological polar surface area (TPSA) is 0 Å². The molecular formula is C19H24Br2Si2. The van der Waals surface area contributed by atoms with Crippen LogP contribution < -0.4 is 10.4 Å². The molecule has 0 radical (unpaired) electrons. The molecule has 0 saturated carbocycles. The summed E-state index contributed by atoms with van der Waals surface area (Å²) in [7, 11) is -2.60. The summed E-state index contributed by atoms with van der Waals surface area (Å²) in [5.41, 5.74) is 5.77. The highest BCUT2D eigenvalue weighted by Crippen LogP contribution is 2.44. The zero-order valence-corrected chi connectivity index (χ0v) is 19.9. The molecule has 0 aliphatic heterocycles. The fourth-order valence-corrected chi connectivity index (χ4v) is 7.43. The third-order valence-corrected chi connectivity index (χ3v) is 10.00. The first-order valence-electron chi connectivity index (χ1n) is 8.14. The van der Waals surface area contributed by atoms with Crippen molar-refractivity contribution >= 4 is 58.4 Å². The van der Waals surface area contributed by atoms with E-state index in [2.05, 4.69) is 95.4 Å². The van der Waals surface area contributed by atoms with Gasteiger partial charge in [-0.3, -0.25) is 0 Å². The molecule has 0 unspecified atom stereocenters. The standard InChI is InChI=1S/C19H24Br2Si2/c1-22(2,3)14-8-12-7-13-9-15(23(4,5)6)11-17(21)19(13)18(12)16(20)10-14/h8-11H,7H2,1-6H3. The van der Waals surface area contributed by atoms with Crippen LogP contribution in [0, 0.1) is 0 Å². The van der Waals surface area contributed by atoms with Crippen LogP contribution in [0.25, 0.3) is 11.1 Å². The number of hydrogen-bond donors (Lipinski definition) is 0. The number of benzene rings is 2. The van der Waals surface area contributed by atoms with E-state index in [4.69, 9.17) is 0 Å². The third-order valence-electron chi connectivity index (χ3n) is 4.71. The van der Waals surface area contributed by atoms with Gasteiger partial charge in [0.1, 0.15) is 0 Å². The second-order valence-electron chi connectivity index (χ2n) is 8.66. The minimum Gasteiger partial charge on any atom is -0.0656 e. The van der Waals surface area contributed by atoms with E-state index in [-0.39, 0.29) is 0 Å². The van der Waals surface area contributed by atoms with Crippen molar-refractivity contribution < 1.29 is 0 Å². The van der Waals surface area contributed by atoms with Crippen molar-refractivity contribution in [3.05, 3.63) is 44.3 Å². The van der Waals surface area contributed by atoms with Crippen LogP contribution in [0.3, 0.4) is 0 Å². The molecule has 2 aromatic rings. The summed E-state index contributed by atoms with van der Waals surface area (Å²) in [4.78, 5) is 0. The van der Waals surface area contributed by atoms with Gasteiger partial charge < -0.3 is 0 Å². The van der Waals surface area contributed by atoms with Crippen LogP contribution in [-0.2, 0) is 6.42 Å². The number of rotatable bonds is 2. The average Bonchev–Trinajstić information content (AvgIpc) is 2.75. The van der Waals surface area contributed by atoms with Gasteiger partial charge in [-0.05, 0) is 29.7 Å². The molecule has 0 atom stereocenters. The van der Waals surface area contributed by atoms with Crippen molar-refractivity contribution in [1.82, 2.24) is 0 Å². The Labute approximate surface area is 159 Å². The summed E-state index contributed by atoms with van der Waals surface area (Å²) in [5.74, 6) is 0.